The molecule has 0 N–H and O–H groups in total. The molecule has 0 radical (unpaired) electrons. The van der Waals surface area contributed by atoms with Gasteiger partial charge in [0.15, 0.2) is 0 Å². The maximum atomic E-state index is 6.24. The van der Waals surface area contributed by atoms with Gasteiger partial charge in [-0.1, -0.05) is 60.2 Å². The smallest absolute Gasteiger partial charge is 0.126 e. The molecule has 1 aromatic carbocycles. The number of ether oxygens (including phenoxy) is 1. The highest BCUT2D eigenvalue weighted by molar-refractivity contribution is 6.31. The Morgan fingerprint density at radius 1 is 1.18 bits per heavy atom. The van der Waals surface area contributed by atoms with Crippen LogP contribution in [0.2, 0.25) is 0 Å². The summed E-state index contributed by atoms with van der Waals surface area (Å²) in [5.74, 6) is 0.920. The molecule has 1 aliphatic carbocycles. The molecule has 0 bridgehead atoms. The van der Waals surface area contributed by atoms with E-state index in [0.717, 1.165) is 5.76 Å². The van der Waals surface area contributed by atoms with Gasteiger partial charge in [-0.3, -0.25) is 0 Å². The van der Waals surface area contributed by atoms with Crippen LogP contribution in [0.25, 0.3) is 0 Å². The first kappa shape index (κ1) is 12.0. The zero-order valence-corrected chi connectivity index (χ0v) is 10.5. The second-order valence-electron chi connectivity index (χ2n) is 3.78. The van der Waals surface area contributed by atoms with Crippen LogP contribution in [-0.4, -0.2) is 6.61 Å². The van der Waals surface area contributed by atoms with Gasteiger partial charge in [-0.15, -0.1) is 0 Å². The Morgan fingerprint density at radius 2 is 1.94 bits per heavy atom. The van der Waals surface area contributed by atoms with Gasteiger partial charge in [0.1, 0.15) is 5.76 Å². The molecule has 1 atom stereocenters. The third kappa shape index (κ3) is 2.80. The minimum absolute atomic E-state index is 0.0960. The fraction of sp³-hybridized carbons (Fsp3) is 0.200. The molecule has 88 valence electrons. The monoisotopic (exact) mass is 246 g/mol. The maximum absolute atomic E-state index is 6.24. The van der Waals surface area contributed by atoms with E-state index >= 15 is 0 Å². The summed E-state index contributed by atoms with van der Waals surface area (Å²) in [6.45, 7) is 2.59. The highest BCUT2D eigenvalue weighted by Crippen LogP contribution is 2.32. The van der Waals surface area contributed by atoms with Gasteiger partial charge >= 0.3 is 0 Å². The molecule has 2 heteroatoms. The second-order valence-corrected chi connectivity index (χ2v) is 4.18. The molecular weight excluding hydrogens is 232 g/mol. The van der Waals surface area contributed by atoms with E-state index in [4.69, 9.17) is 16.3 Å². The molecule has 0 saturated heterocycles. The highest BCUT2D eigenvalue weighted by Gasteiger charge is 2.18. The number of allylic oxidation sites excluding steroid dienone is 5. The number of halogens is 1. The number of rotatable bonds is 3. The van der Waals surface area contributed by atoms with Crippen molar-refractivity contribution in [3.8, 4) is 0 Å². The topological polar surface area (TPSA) is 9.23 Å². The van der Waals surface area contributed by atoms with Crippen molar-refractivity contribution in [1.29, 1.82) is 0 Å². The molecule has 1 unspecified atom stereocenters. The SMILES string of the molecule is CCOC1=C(Cl)C=CC=CC1c1ccccc1. The zero-order valence-electron chi connectivity index (χ0n) is 9.77. The van der Waals surface area contributed by atoms with E-state index in [1.807, 2.05) is 43.4 Å². The molecule has 0 spiro atoms. The van der Waals surface area contributed by atoms with Gasteiger partial charge in [0.2, 0.25) is 0 Å². The lowest BCUT2D eigenvalue weighted by Gasteiger charge is -2.18. The molecule has 1 aromatic rings. The number of hydrogen-bond donors (Lipinski definition) is 0. The second kappa shape index (κ2) is 5.74. The van der Waals surface area contributed by atoms with Crippen LogP contribution < -0.4 is 0 Å². The van der Waals surface area contributed by atoms with Gasteiger partial charge in [0.05, 0.1) is 17.6 Å². The summed E-state index contributed by atoms with van der Waals surface area (Å²) in [4.78, 5) is 0. The summed E-state index contributed by atoms with van der Waals surface area (Å²) < 4.78 is 5.69. The van der Waals surface area contributed by atoms with Crippen molar-refractivity contribution < 1.29 is 4.74 Å². The Hall–Kier alpha value is -1.47. The zero-order chi connectivity index (χ0) is 12.1. The third-order valence-electron chi connectivity index (χ3n) is 2.63. The fourth-order valence-corrected chi connectivity index (χ4v) is 2.12. The van der Waals surface area contributed by atoms with E-state index in [1.54, 1.807) is 0 Å². The van der Waals surface area contributed by atoms with Crippen LogP contribution >= 0.6 is 11.6 Å². The van der Waals surface area contributed by atoms with Crippen molar-refractivity contribution in [1.82, 2.24) is 0 Å². The first-order valence-electron chi connectivity index (χ1n) is 5.75. The van der Waals surface area contributed by atoms with Crippen molar-refractivity contribution in [2.45, 2.75) is 12.8 Å². The first-order chi connectivity index (χ1) is 8.33. The lowest BCUT2D eigenvalue weighted by atomic mass is 9.96. The molecule has 1 nitrogen and oxygen atoms in total. The Bertz CT molecular complexity index is 457. The third-order valence-corrected chi connectivity index (χ3v) is 2.95. The van der Waals surface area contributed by atoms with Crippen LogP contribution in [0.5, 0.6) is 0 Å². The normalized spacial score (nSPS) is 19.3. The van der Waals surface area contributed by atoms with Crippen LogP contribution in [-0.2, 0) is 4.74 Å². The minimum Gasteiger partial charge on any atom is -0.496 e. The molecule has 17 heavy (non-hydrogen) atoms. The lowest BCUT2D eigenvalue weighted by molar-refractivity contribution is 0.215. The maximum Gasteiger partial charge on any atom is 0.126 e. The Balaban J connectivity index is 2.40. The molecule has 2 rings (SSSR count). The summed E-state index contributed by atoms with van der Waals surface area (Å²) in [5, 5.41) is 0.672. The predicted octanol–water partition coefficient (Wildman–Crippen LogP) is 4.38. The quantitative estimate of drug-likeness (QED) is 0.769. The van der Waals surface area contributed by atoms with Crippen LogP contribution in [0, 0.1) is 0 Å². The largest absolute Gasteiger partial charge is 0.496 e. The molecule has 0 aliphatic heterocycles. The lowest BCUT2D eigenvalue weighted by Crippen LogP contribution is -2.04. The van der Waals surface area contributed by atoms with Crippen LogP contribution in [0.4, 0.5) is 0 Å². The molecule has 0 aromatic heterocycles. The van der Waals surface area contributed by atoms with E-state index in [1.165, 1.54) is 5.56 Å². The average molecular weight is 247 g/mol. The number of hydrogen-bond acceptors (Lipinski definition) is 1. The van der Waals surface area contributed by atoms with Gasteiger partial charge in [-0.25, -0.2) is 0 Å². The predicted molar refractivity (Wildman–Crippen MR) is 72.0 cm³/mol. The van der Waals surface area contributed by atoms with E-state index in [0.29, 0.717) is 11.6 Å². The van der Waals surface area contributed by atoms with Gasteiger partial charge in [0, 0.05) is 0 Å². The Labute approximate surface area is 107 Å². The van der Waals surface area contributed by atoms with E-state index in [-0.39, 0.29) is 5.92 Å². The fourth-order valence-electron chi connectivity index (χ4n) is 1.87. The summed E-state index contributed by atoms with van der Waals surface area (Å²) in [7, 11) is 0. The van der Waals surface area contributed by atoms with Gasteiger partial charge in [-0.2, -0.15) is 0 Å². The standard InChI is InChI=1S/C15H15ClO/c1-2-17-15-13(10-6-7-11-14(15)16)12-8-4-3-5-9-12/h3-11,13H,2H2,1H3. The van der Waals surface area contributed by atoms with Crippen LogP contribution in [0.3, 0.4) is 0 Å². The van der Waals surface area contributed by atoms with Crippen molar-refractivity contribution in [2.75, 3.05) is 6.61 Å². The average Bonchev–Trinajstić information content (AvgIpc) is 2.54. The van der Waals surface area contributed by atoms with Crippen LogP contribution in [0.1, 0.15) is 18.4 Å². The molecule has 0 fully saturated rings. The van der Waals surface area contributed by atoms with Gasteiger partial charge < -0.3 is 4.74 Å². The van der Waals surface area contributed by atoms with E-state index < -0.39 is 0 Å². The Kier molecular flexibility index (Phi) is 4.05. The Morgan fingerprint density at radius 3 is 2.65 bits per heavy atom. The summed E-state index contributed by atoms with van der Waals surface area (Å²) >= 11 is 6.24. The van der Waals surface area contributed by atoms with Gasteiger partial charge in [0.25, 0.3) is 0 Å². The van der Waals surface area contributed by atoms with E-state index in [9.17, 15) is 0 Å². The molecule has 0 saturated carbocycles. The van der Waals surface area contributed by atoms with Crippen molar-refractivity contribution >= 4 is 11.6 Å². The van der Waals surface area contributed by atoms with Crippen molar-refractivity contribution in [3.05, 3.63) is 71.0 Å². The van der Waals surface area contributed by atoms with Crippen molar-refractivity contribution in [2.24, 2.45) is 0 Å². The van der Waals surface area contributed by atoms with Gasteiger partial charge in [-0.05, 0) is 18.6 Å². The minimum atomic E-state index is 0.0960. The van der Waals surface area contributed by atoms with Crippen LogP contribution in [0.15, 0.2) is 65.4 Å². The molecular formula is C15H15ClO. The first-order valence-corrected chi connectivity index (χ1v) is 6.13. The van der Waals surface area contributed by atoms with E-state index in [2.05, 4.69) is 18.2 Å². The molecule has 1 aliphatic rings. The summed E-state index contributed by atoms with van der Waals surface area (Å²) in [6.07, 6.45) is 7.91. The number of benzene rings is 1. The summed E-state index contributed by atoms with van der Waals surface area (Å²) in [5.41, 5.74) is 1.19. The highest BCUT2D eigenvalue weighted by atomic mass is 35.5. The molecule has 0 heterocycles. The summed E-state index contributed by atoms with van der Waals surface area (Å²) in [6, 6.07) is 10.2. The molecule has 0 amide bonds. The van der Waals surface area contributed by atoms with Crippen molar-refractivity contribution in [3.63, 3.8) is 0 Å².